The molecule has 5 nitrogen and oxygen atoms in total. The van der Waals surface area contributed by atoms with E-state index in [-0.39, 0.29) is 29.8 Å². The summed E-state index contributed by atoms with van der Waals surface area (Å²) in [6, 6.07) is 3.65. The van der Waals surface area contributed by atoms with Crippen molar-refractivity contribution >= 4 is 5.91 Å². The molecule has 1 aromatic carbocycles. The lowest BCUT2D eigenvalue weighted by Gasteiger charge is -2.30. The fourth-order valence-electron chi connectivity index (χ4n) is 2.75. The molecule has 2 aromatic rings. The van der Waals surface area contributed by atoms with Gasteiger partial charge in [0.2, 0.25) is 11.7 Å². The highest BCUT2D eigenvalue weighted by molar-refractivity contribution is 5.92. The SMILES string of the molecule is CC1CCCN(C(=O)c2coc(COc3cccc(F)c3F)n2)C1. The van der Waals surface area contributed by atoms with Gasteiger partial charge in [-0.15, -0.1) is 0 Å². The highest BCUT2D eigenvalue weighted by atomic mass is 19.2. The molecule has 1 unspecified atom stereocenters. The van der Waals surface area contributed by atoms with Gasteiger partial charge in [-0.25, -0.2) is 9.37 Å². The number of piperidine rings is 1. The maximum Gasteiger partial charge on any atom is 0.275 e. The van der Waals surface area contributed by atoms with Gasteiger partial charge >= 0.3 is 0 Å². The highest BCUT2D eigenvalue weighted by Crippen LogP contribution is 2.21. The summed E-state index contributed by atoms with van der Waals surface area (Å²) < 4.78 is 37.0. The van der Waals surface area contributed by atoms with E-state index in [0.717, 1.165) is 18.9 Å². The Morgan fingerprint density at radius 2 is 2.29 bits per heavy atom. The summed E-state index contributed by atoms with van der Waals surface area (Å²) in [6.07, 6.45) is 3.35. The summed E-state index contributed by atoms with van der Waals surface area (Å²) in [5.41, 5.74) is 0.197. The monoisotopic (exact) mass is 336 g/mol. The summed E-state index contributed by atoms with van der Waals surface area (Å²) in [6.45, 7) is 3.32. The minimum atomic E-state index is -1.07. The van der Waals surface area contributed by atoms with Crippen LogP contribution in [0.3, 0.4) is 0 Å². The Balaban J connectivity index is 1.63. The Labute approximate surface area is 138 Å². The average molecular weight is 336 g/mol. The molecule has 7 heteroatoms. The molecule has 128 valence electrons. The van der Waals surface area contributed by atoms with Crippen LogP contribution in [-0.4, -0.2) is 28.9 Å². The van der Waals surface area contributed by atoms with Crippen LogP contribution in [0.15, 0.2) is 28.9 Å². The van der Waals surface area contributed by atoms with Gasteiger partial charge in [-0.3, -0.25) is 4.79 Å². The summed E-state index contributed by atoms with van der Waals surface area (Å²) >= 11 is 0. The number of ether oxygens (including phenoxy) is 1. The molecule has 24 heavy (non-hydrogen) atoms. The molecular weight excluding hydrogens is 318 g/mol. The number of amides is 1. The van der Waals surface area contributed by atoms with Crippen LogP contribution in [0.25, 0.3) is 0 Å². The Morgan fingerprint density at radius 3 is 3.08 bits per heavy atom. The lowest BCUT2D eigenvalue weighted by atomic mass is 10.0. The normalized spacial score (nSPS) is 17.8. The smallest absolute Gasteiger partial charge is 0.275 e. The third kappa shape index (κ3) is 3.55. The van der Waals surface area contributed by atoms with Crippen molar-refractivity contribution in [1.82, 2.24) is 9.88 Å². The molecule has 1 aromatic heterocycles. The van der Waals surface area contributed by atoms with Gasteiger partial charge in [-0.05, 0) is 30.9 Å². The molecule has 0 radical (unpaired) electrons. The van der Waals surface area contributed by atoms with Gasteiger partial charge in [-0.1, -0.05) is 13.0 Å². The van der Waals surface area contributed by atoms with Gasteiger partial charge in [0, 0.05) is 13.1 Å². The number of benzene rings is 1. The number of rotatable bonds is 4. The van der Waals surface area contributed by atoms with Crippen molar-refractivity contribution in [3.05, 3.63) is 47.7 Å². The quantitative estimate of drug-likeness (QED) is 0.859. The van der Waals surface area contributed by atoms with Gasteiger partial charge < -0.3 is 14.1 Å². The van der Waals surface area contributed by atoms with E-state index in [4.69, 9.17) is 9.15 Å². The lowest BCUT2D eigenvalue weighted by molar-refractivity contribution is 0.0677. The molecule has 2 heterocycles. The van der Waals surface area contributed by atoms with Crippen molar-refractivity contribution in [2.75, 3.05) is 13.1 Å². The second-order valence-electron chi connectivity index (χ2n) is 5.97. The van der Waals surface area contributed by atoms with Crippen LogP contribution in [0.4, 0.5) is 8.78 Å². The largest absolute Gasteiger partial charge is 0.481 e. The van der Waals surface area contributed by atoms with Crippen molar-refractivity contribution in [2.24, 2.45) is 5.92 Å². The van der Waals surface area contributed by atoms with Gasteiger partial charge in [-0.2, -0.15) is 4.39 Å². The molecule has 0 saturated carbocycles. The van der Waals surface area contributed by atoms with Crippen molar-refractivity contribution in [3.63, 3.8) is 0 Å². The second-order valence-corrected chi connectivity index (χ2v) is 5.97. The number of carbonyl (C=O) groups is 1. The molecule has 1 saturated heterocycles. The van der Waals surface area contributed by atoms with Crippen LogP contribution in [0.2, 0.25) is 0 Å². The molecule has 1 aliphatic rings. The molecular formula is C17H18F2N2O3. The average Bonchev–Trinajstić information content (AvgIpc) is 3.04. The Morgan fingerprint density at radius 1 is 1.46 bits per heavy atom. The minimum Gasteiger partial charge on any atom is -0.481 e. The zero-order valence-electron chi connectivity index (χ0n) is 13.3. The van der Waals surface area contributed by atoms with Crippen LogP contribution in [0.1, 0.15) is 36.1 Å². The van der Waals surface area contributed by atoms with E-state index in [9.17, 15) is 13.6 Å². The van der Waals surface area contributed by atoms with E-state index in [1.165, 1.54) is 18.4 Å². The maximum atomic E-state index is 13.5. The first kappa shape index (κ1) is 16.4. The predicted molar refractivity (Wildman–Crippen MR) is 81.5 cm³/mol. The minimum absolute atomic E-state index is 0.132. The number of hydrogen-bond acceptors (Lipinski definition) is 4. The van der Waals surface area contributed by atoms with Crippen LogP contribution in [-0.2, 0) is 6.61 Å². The van der Waals surface area contributed by atoms with Crippen LogP contribution in [0, 0.1) is 17.6 Å². The van der Waals surface area contributed by atoms with E-state index in [1.54, 1.807) is 4.90 Å². The molecule has 0 bridgehead atoms. The van der Waals surface area contributed by atoms with E-state index in [2.05, 4.69) is 11.9 Å². The third-order valence-corrected chi connectivity index (χ3v) is 3.98. The van der Waals surface area contributed by atoms with E-state index in [0.29, 0.717) is 19.0 Å². The van der Waals surface area contributed by atoms with E-state index in [1.807, 2.05) is 0 Å². The fourth-order valence-corrected chi connectivity index (χ4v) is 2.75. The standard InChI is InChI=1S/C17H18F2N2O3/c1-11-4-3-7-21(8-11)17(22)13-9-24-15(20-13)10-23-14-6-2-5-12(18)16(14)19/h2,5-6,9,11H,3-4,7-8,10H2,1H3. The molecule has 1 atom stereocenters. The van der Waals surface area contributed by atoms with E-state index >= 15 is 0 Å². The molecule has 1 fully saturated rings. The van der Waals surface area contributed by atoms with Crippen molar-refractivity contribution in [2.45, 2.75) is 26.4 Å². The van der Waals surface area contributed by atoms with E-state index < -0.39 is 11.6 Å². The van der Waals surface area contributed by atoms with Gasteiger partial charge in [0.05, 0.1) is 0 Å². The molecule has 0 aliphatic carbocycles. The predicted octanol–water partition coefficient (Wildman–Crippen LogP) is 3.40. The molecule has 3 rings (SSSR count). The second kappa shape index (κ2) is 6.98. The summed E-state index contributed by atoms with van der Waals surface area (Å²) in [5, 5.41) is 0. The van der Waals surface area contributed by atoms with Crippen molar-refractivity contribution in [1.29, 1.82) is 0 Å². The number of aromatic nitrogens is 1. The third-order valence-electron chi connectivity index (χ3n) is 3.98. The van der Waals surface area contributed by atoms with Crippen molar-refractivity contribution in [3.8, 4) is 5.75 Å². The zero-order chi connectivity index (χ0) is 17.1. The van der Waals surface area contributed by atoms with Crippen LogP contribution >= 0.6 is 0 Å². The van der Waals surface area contributed by atoms with Crippen LogP contribution < -0.4 is 4.74 Å². The Hall–Kier alpha value is -2.44. The first-order valence-corrected chi connectivity index (χ1v) is 7.85. The summed E-state index contributed by atoms with van der Waals surface area (Å²) in [4.78, 5) is 18.2. The lowest BCUT2D eigenvalue weighted by Crippen LogP contribution is -2.39. The van der Waals surface area contributed by atoms with Gasteiger partial charge in [0.1, 0.15) is 6.26 Å². The maximum absolute atomic E-state index is 13.5. The topological polar surface area (TPSA) is 55.6 Å². The molecule has 0 spiro atoms. The number of nitrogens with zero attached hydrogens (tertiary/aromatic N) is 2. The zero-order valence-corrected chi connectivity index (χ0v) is 13.3. The van der Waals surface area contributed by atoms with Crippen molar-refractivity contribution < 1.29 is 22.7 Å². The number of likely N-dealkylation sites (tertiary alicyclic amines) is 1. The number of carbonyl (C=O) groups excluding carboxylic acids is 1. The fraction of sp³-hybridized carbons (Fsp3) is 0.412. The van der Waals surface area contributed by atoms with Gasteiger partial charge in [0.15, 0.2) is 23.9 Å². The molecule has 0 N–H and O–H groups in total. The Bertz CT molecular complexity index is 732. The molecule has 1 amide bonds. The summed E-state index contributed by atoms with van der Waals surface area (Å²) in [7, 11) is 0. The van der Waals surface area contributed by atoms with Crippen LogP contribution in [0.5, 0.6) is 5.75 Å². The highest BCUT2D eigenvalue weighted by Gasteiger charge is 2.24. The van der Waals surface area contributed by atoms with Gasteiger partial charge in [0.25, 0.3) is 5.91 Å². The number of halogens is 2. The first-order chi connectivity index (χ1) is 11.5. The summed E-state index contributed by atoms with van der Waals surface area (Å²) in [5.74, 6) is -1.88. The molecule has 1 aliphatic heterocycles. The number of oxazole rings is 1. The number of hydrogen-bond donors (Lipinski definition) is 0. The Kier molecular flexibility index (Phi) is 4.78. The first-order valence-electron chi connectivity index (χ1n) is 7.85.